The second-order valence-electron chi connectivity index (χ2n) is 6.26. The Kier molecular flexibility index (Phi) is 5.18. The Morgan fingerprint density at radius 2 is 1.69 bits per heavy atom. The van der Waals surface area contributed by atoms with Crippen LogP contribution in [0.1, 0.15) is 16.1 Å². The fourth-order valence-corrected chi connectivity index (χ4v) is 3.19. The van der Waals surface area contributed by atoms with E-state index in [1.54, 1.807) is 49.4 Å². The molecule has 0 fully saturated rings. The molecule has 0 radical (unpaired) electrons. The van der Waals surface area contributed by atoms with Crippen molar-refractivity contribution >= 4 is 32.9 Å². The number of carbonyl (C=O) groups is 1. The fraction of sp³-hybridized carbons (Fsp3) is 0.0435. The molecule has 0 saturated carbocycles. The van der Waals surface area contributed by atoms with Crippen LogP contribution in [-0.2, 0) is 0 Å². The molecule has 4 aromatic rings. The van der Waals surface area contributed by atoms with Crippen molar-refractivity contribution in [1.29, 1.82) is 0 Å². The molecule has 1 heterocycles. The second kappa shape index (κ2) is 7.93. The van der Waals surface area contributed by atoms with Crippen LogP contribution in [0.2, 0.25) is 0 Å². The third-order valence-electron chi connectivity index (χ3n) is 4.26. The van der Waals surface area contributed by atoms with Crippen LogP contribution in [0.15, 0.2) is 86.5 Å². The Labute approximate surface area is 174 Å². The first-order valence-corrected chi connectivity index (χ1v) is 9.59. The third kappa shape index (κ3) is 3.93. The predicted octanol–water partition coefficient (Wildman–Crippen LogP) is 5.88. The van der Waals surface area contributed by atoms with Crippen molar-refractivity contribution in [3.63, 3.8) is 0 Å². The van der Waals surface area contributed by atoms with Crippen molar-refractivity contribution in [1.82, 2.24) is 0 Å². The molecule has 0 saturated heterocycles. The van der Waals surface area contributed by atoms with E-state index in [1.807, 2.05) is 24.3 Å². The van der Waals surface area contributed by atoms with Crippen LogP contribution in [0.3, 0.4) is 0 Å². The maximum absolute atomic E-state index is 12.9. The van der Waals surface area contributed by atoms with Gasteiger partial charge in [-0.2, -0.15) is 0 Å². The van der Waals surface area contributed by atoms with Gasteiger partial charge in [0.25, 0.3) is 0 Å². The summed E-state index contributed by atoms with van der Waals surface area (Å²) < 4.78 is 17.7. The minimum atomic E-state index is -0.488. The number of esters is 1. The molecule has 0 aliphatic carbocycles. The Bertz CT molecular complexity index is 1260. The summed E-state index contributed by atoms with van der Waals surface area (Å²) in [5.74, 6) is 0.741. The van der Waals surface area contributed by atoms with Crippen molar-refractivity contribution in [3.8, 4) is 17.2 Å². The van der Waals surface area contributed by atoms with Gasteiger partial charge in [0, 0.05) is 6.07 Å². The monoisotopic (exact) mass is 450 g/mol. The molecule has 0 unspecified atom stereocenters. The third-order valence-corrected chi connectivity index (χ3v) is 4.91. The summed E-state index contributed by atoms with van der Waals surface area (Å²) in [4.78, 5) is 25.1. The average molecular weight is 451 g/mol. The first-order valence-electron chi connectivity index (χ1n) is 8.80. The minimum absolute atomic E-state index is 0.110. The van der Waals surface area contributed by atoms with Crippen LogP contribution >= 0.6 is 15.9 Å². The van der Waals surface area contributed by atoms with E-state index in [9.17, 15) is 9.59 Å². The van der Waals surface area contributed by atoms with Gasteiger partial charge in [0.2, 0.25) is 11.2 Å². The standard InChI is InChI=1S/C23H15BrO5/c1-14-22(29-19-10-6-5-9-18(19)24)21(25)17-12-11-16(13-20(17)27-14)28-23(26)15-7-3-2-4-8-15/h2-13H,1H3. The maximum atomic E-state index is 12.9. The summed E-state index contributed by atoms with van der Waals surface area (Å²) in [7, 11) is 0. The van der Waals surface area contributed by atoms with Gasteiger partial charge in [0.15, 0.2) is 0 Å². The molecule has 0 amide bonds. The van der Waals surface area contributed by atoms with Gasteiger partial charge in [0.05, 0.1) is 15.4 Å². The fourth-order valence-electron chi connectivity index (χ4n) is 2.83. The molecule has 0 atom stereocenters. The summed E-state index contributed by atoms with van der Waals surface area (Å²) >= 11 is 3.40. The van der Waals surface area contributed by atoms with Gasteiger partial charge in [-0.05, 0) is 59.3 Å². The van der Waals surface area contributed by atoms with E-state index in [4.69, 9.17) is 13.9 Å². The van der Waals surface area contributed by atoms with Crippen LogP contribution in [-0.4, -0.2) is 5.97 Å². The number of hydrogen-bond donors (Lipinski definition) is 0. The SMILES string of the molecule is Cc1oc2cc(OC(=O)c3ccccc3)ccc2c(=O)c1Oc1ccccc1Br. The number of halogens is 1. The number of aryl methyl sites for hydroxylation is 1. The molecule has 144 valence electrons. The molecule has 5 nitrogen and oxygen atoms in total. The Hall–Kier alpha value is -3.38. The van der Waals surface area contributed by atoms with Crippen LogP contribution in [0.5, 0.6) is 17.2 Å². The molecule has 1 aromatic heterocycles. The van der Waals surface area contributed by atoms with Gasteiger partial charge >= 0.3 is 5.97 Å². The Morgan fingerprint density at radius 1 is 0.966 bits per heavy atom. The average Bonchev–Trinajstić information content (AvgIpc) is 2.73. The number of hydrogen-bond acceptors (Lipinski definition) is 5. The Morgan fingerprint density at radius 3 is 2.45 bits per heavy atom. The summed E-state index contributed by atoms with van der Waals surface area (Å²) in [5.41, 5.74) is 0.438. The van der Waals surface area contributed by atoms with E-state index in [0.29, 0.717) is 28.0 Å². The molecule has 29 heavy (non-hydrogen) atoms. The number of benzene rings is 3. The van der Waals surface area contributed by atoms with Crippen molar-refractivity contribution in [2.24, 2.45) is 0 Å². The molecule has 4 rings (SSSR count). The molecule has 0 aliphatic heterocycles. The molecule has 6 heteroatoms. The number of para-hydroxylation sites is 1. The first kappa shape index (κ1) is 19.0. The maximum Gasteiger partial charge on any atom is 0.343 e. The van der Waals surface area contributed by atoms with Gasteiger partial charge in [-0.1, -0.05) is 30.3 Å². The molecule has 3 aromatic carbocycles. The van der Waals surface area contributed by atoms with Crippen molar-refractivity contribution in [3.05, 3.63) is 98.8 Å². The minimum Gasteiger partial charge on any atom is -0.457 e. The predicted molar refractivity (Wildman–Crippen MR) is 113 cm³/mol. The van der Waals surface area contributed by atoms with Gasteiger partial charge in [-0.25, -0.2) is 4.79 Å². The van der Waals surface area contributed by atoms with E-state index < -0.39 is 5.97 Å². The molecular weight excluding hydrogens is 436 g/mol. The summed E-state index contributed by atoms with van der Waals surface area (Å²) in [6, 6.07) is 20.5. The highest BCUT2D eigenvalue weighted by atomic mass is 79.9. The first-order chi connectivity index (χ1) is 14.0. The van der Waals surface area contributed by atoms with Crippen LogP contribution < -0.4 is 14.9 Å². The molecule has 0 spiro atoms. The topological polar surface area (TPSA) is 65.7 Å². The van der Waals surface area contributed by atoms with Crippen LogP contribution in [0.4, 0.5) is 0 Å². The molecular formula is C23H15BrO5. The zero-order chi connectivity index (χ0) is 20.4. The van der Waals surface area contributed by atoms with E-state index in [-0.39, 0.29) is 16.9 Å². The lowest BCUT2D eigenvalue weighted by Crippen LogP contribution is -2.10. The smallest absolute Gasteiger partial charge is 0.343 e. The van der Waals surface area contributed by atoms with Gasteiger partial charge in [-0.3, -0.25) is 4.79 Å². The summed E-state index contributed by atoms with van der Waals surface area (Å²) in [6.07, 6.45) is 0. The molecule has 0 N–H and O–H groups in total. The summed E-state index contributed by atoms with van der Waals surface area (Å²) in [5, 5.41) is 0.331. The van der Waals surface area contributed by atoms with Gasteiger partial charge in [-0.15, -0.1) is 0 Å². The Balaban J connectivity index is 1.68. The number of fused-ring (bicyclic) bond motifs is 1. The lowest BCUT2D eigenvalue weighted by Gasteiger charge is -2.10. The molecule has 0 aliphatic rings. The normalized spacial score (nSPS) is 10.7. The zero-order valence-corrected chi connectivity index (χ0v) is 16.9. The van der Waals surface area contributed by atoms with Crippen molar-refractivity contribution in [2.45, 2.75) is 6.92 Å². The number of rotatable bonds is 4. The van der Waals surface area contributed by atoms with Crippen LogP contribution in [0.25, 0.3) is 11.0 Å². The summed E-state index contributed by atoms with van der Waals surface area (Å²) in [6.45, 7) is 1.65. The van der Waals surface area contributed by atoms with Crippen LogP contribution in [0, 0.1) is 6.92 Å². The van der Waals surface area contributed by atoms with Crippen molar-refractivity contribution in [2.75, 3.05) is 0 Å². The van der Waals surface area contributed by atoms with E-state index in [0.717, 1.165) is 4.47 Å². The largest absolute Gasteiger partial charge is 0.457 e. The lowest BCUT2D eigenvalue weighted by molar-refractivity contribution is 0.0735. The van der Waals surface area contributed by atoms with E-state index in [1.165, 1.54) is 6.07 Å². The van der Waals surface area contributed by atoms with E-state index >= 15 is 0 Å². The van der Waals surface area contributed by atoms with Crippen molar-refractivity contribution < 1.29 is 18.7 Å². The highest BCUT2D eigenvalue weighted by Crippen LogP contribution is 2.31. The van der Waals surface area contributed by atoms with Gasteiger partial charge < -0.3 is 13.9 Å². The highest BCUT2D eigenvalue weighted by molar-refractivity contribution is 9.10. The van der Waals surface area contributed by atoms with Gasteiger partial charge in [0.1, 0.15) is 22.8 Å². The quantitative estimate of drug-likeness (QED) is 0.287. The lowest BCUT2D eigenvalue weighted by atomic mass is 10.2. The zero-order valence-electron chi connectivity index (χ0n) is 15.3. The van der Waals surface area contributed by atoms with E-state index in [2.05, 4.69) is 15.9 Å². The second-order valence-corrected chi connectivity index (χ2v) is 7.12. The number of ether oxygens (including phenoxy) is 2. The molecule has 0 bridgehead atoms. The number of carbonyl (C=O) groups excluding carboxylic acids is 1. The highest BCUT2D eigenvalue weighted by Gasteiger charge is 2.16.